The fourth-order valence-corrected chi connectivity index (χ4v) is 3.88. The molecular weight excluding hydrogens is 342 g/mol. The van der Waals surface area contributed by atoms with Gasteiger partial charge in [-0.15, -0.1) is 0 Å². The maximum absolute atomic E-state index is 12.4. The van der Waals surface area contributed by atoms with Crippen molar-refractivity contribution in [2.45, 2.75) is 57.5 Å². The van der Waals surface area contributed by atoms with E-state index in [4.69, 9.17) is 4.74 Å². The molecule has 2 aliphatic rings. The molecule has 0 radical (unpaired) electrons. The summed E-state index contributed by atoms with van der Waals surface area (Å²) in [5.41, 5.74) is 1.11. The van der Waals surface area contributed by atoms with Gasteiger partial charge in [-0.05, 0) is 56.1 Å². The Morgan fingerprint density at radius 3 is 2.78 bits per heavy atom. The summed E-state index contributed by atoms with van der Waals surface area (Å²) in [5, 5.41) is 2.99. The number of pyridine rings is 1. The highest BCUT2D eigenvalue weighted by molar-refractivity contribution is 5.76. The minimum Gasteiger partial charge on any atom is -0.376 e. The number of hydrogen-bond acceptors (Lipinski definition) is 4. The molecule has 0 aliphatic carbocycles. The van der Waals surface area contributed by atoms with Crippen molar-refractivity contribution in [3.8, 4) is 0 Å². The van der Waals surface area contributed by atoms with Crippen molar-refractivity contribution in [3.05, 3.63) is 30.1 Å². The summed E-state index contributed by atoms with van der Waals surface area (Å²) in [4.78, 5) is 30.5. The van der Waals surface area contributed by atoms with Gasteiger partial charge < -0.3 is 15.0 Å². The van der Waals surface area contributed by atoms with Crippen LogP contribution in [0.1, 0.15) is 50.5 Å². The molecule has 2 fully saturated rings. The second-order valence-corrected chi connectivity index (χ2v) is 7.66. The SMILES string of the molecule is O=C(CCC1CCN(C(=O)CCc2cccnc2)CC1)NC[C@H]1CCCO1. The predicted molar refractivity (Wildman–Crippen MR) is 103 cm³/mol. The second kappa shape index (κ2) is 10.4. The molecule has 2 amide bonds. The van der Waals surface area contributed by atoms with Gasteiger partial charge in [0.25, 0.3) is 0 Å². The number of aryl methyl sites for hydroxylation is 1. The molecule has 2 saturated heterocycles. The molecule has 0 bridgehead atoms. The third-order valence-electron chi connectivity index (χ3n) is 5.65. The van der Waals surface area contributed by atoms with Crippen molar-refractivity contribution in [1.82, 2.24) is 15.2 Å². The van der Waals surface area contributed by atoms with Crippen molar-refractivity contribution in [3.63, 3.8) is 0 Å². The number of piperidine rings is 1. The highest BCUT2D eigenvalue weighted by Crippen LogP contribution is 2.22. The normalized spacial score (nSPS) is 20.6. The Bertz CT molecular complexity index is 594. The van der Waals surface area contributed by atoms with Crippen LogP contribution in [-0.4, -0.2) is 54.0 Å². The molecule has 148 valence electrons. The summed E-state index contributed by atoms with van der Waals surface area (Å²) in [6.07, 6.45) is 10.7. The van der Waals surface area contributed by atoms with Crippen LogP contribution in [0.4, 0.5) is 0 Å². The summed E-state index contributed by atoms with van der Waals surface area (Å²) in [6, 6.07) is 3.92. The van der Waals surface area contributed by atoms with Crippen molar-refractivity contribution in [2.24, 2.45) is 5.92 Å². The monoisotopic (exact) mass is 373 g/mol. The molecule has 1 aromatic rings. The van der Waals surface area contributed by atoms with Gasteiger partial charge in [0.1, 0.15) is 0 Å². The van der Waals surface area contributed by atoms with Crippen LogP contribution < -0.4 is 5.32 Å². The Kier molecular flexibility index (Phi) is 7.63. The number of likely N-dealkylation sites (tertiary alicyclic amines) is 1. The summed E-state index contributed by atoms with van der Waals surface area (Å²) >= 11 is 0. The van der Waals surface area contributed by atoms with Crippen LogP contribution in [0.2, 0.25) is 0 Å². The van der Waals surface area contributed by atoms with E-state index in [1.165, 1.54) is 0 Å². The van der Waals surface area contributed by atoms with E-state index in [1.54, 1.807) is 6.20 Å². The standard InChI is InChI=1S/C21H31N3O3/c25-20(23-16-19-4-2-14-27-19)7-5-17-9-12-24(13-10-17)21(26)8-6-18-3-1-11-22-15-18/h1,3,11,15,17,19H,2,4-10,12-14,16H2,(H,23,25)/t19-/m1/s1. The Hall–Kier alpha value is -1.95. The molecule has 27 heavy (non-hydrogen) atoms. The minimum absolute atomic E-state index is 0.125. The first-order valence-corrected chi connectivity index (χ1v) is 10.3. The molecule has 1 N–H and O–H groups in total. The molecule has 2 aliphatic heterocycles. The molecule has 0 saturated carbocycles. The van der Waals surface area contributed by atoms with Crippen LogP contribution in [0, 0.1) is 5.92 Å². The van der Waals surface area contributed by atoms with Crippen LogP contribution in [0.3, 0.4) is 0 Å². The molecular formula is C21H31N3O3. The van der Waals surface area contributed by atoms with Crippen molar-refractivity contribution >= 4 is 11.8 Å². The average Bonchev–Trinajstić information content (AvgIpc) is 3.24. The number of ether oxygens (including phenoxy) is 1. The maximum atomic E-state index is 12.4. The average molecular weight is 373 g/mol. The summed E-state index contributed by atoms with van der Waals surface area (Å²) in [6.45, 7) is 3.09. The Labute approximate surface area is 161 Å². The second-order valence-electron chi connectivity index (χ2n) is 7.66. The van der Waals surface area contributed by atoms with Gasteiger partial charge in [-0.1, -0.05) is 6.07 Å². The fourth-order valence-electron chi connectivity index (χ4n) is 3.88. The smallest absolute Gasteiger partial charge is 0.222 e. The Morgan fingerprint density at radius 2 is 2.07 bits per heavy atom. The lowest BCUT2D eigenvalue weighted by Crippen LogP contribution is -2.39. The number of rotatable bonds is 8. The molecule has 0 spiro atoms. The van der Waals surface area contributed by atoms with Gasteiger partial charge in [0.15, 0.2) is 0 Å². The van der Waals surface area contributed by atoms with Gasteiger partial charge in [0.05, 0.1) is 6.10 Å². The van der Waals surface area contributed by atoms with E-state index in [2.05, 4.69) is 10.3 Å². The van der Waals surface area contributed by atoms with E-state index in [0.29, 0.717) is 25.3 Å². The molecule has 0 aromatic carbocycles. The predicted octanol–water partition coefficient (Wildman–Crippen LogP) is 2.33. The lowest BCUT2D eigenvalue weighted by molar-refractivity contribution is -0.132. The zero-order valence-electron chi connectivity index (χ0n) is 16.1. The van der Waals surface area contributed by atoms with E-state index in [1.807, 2.05) is 23.2 Å². The largest absolute Gasteiger partial charge is 0.376 e. The number of amides is 2. The van der Waals surface area contributed by atoms with Crippen LogP contribution >= 0.6 is 0 Å². The Morgan fingerprint density at radius 1 is 1.22 bits per heavy atom. The zero-order chi connectivity index (χ0) is 18.9. The summed E-state index contributed by atoms with van der Waals surface area (Å²) < 4.78 is 5.52. The van der Waals surface area contributed by atoms with Crippen molar-refractivity contribution < 1.29 is 14.3 Å². The number of nitrogens with zero attached hydrogens (tertiary/aromatic N) is 2. The van der Waals surface area contributed by atoms with E-state index < -0.39 is 0 Å². The summed E-state index contributed by atoms with van der Waals surface area (Å²) in [7, 11) is 0. The van der Waals surface area contributed by atoms with Crippen LogP contribution in [0.25, 0.3) is 0 Å². The maximum Gasteiger partial charge on any atom is 0.222 e. The zero-order valence-corrected chi connectivity index (χ0v) is 16.1. The van der Waals surface area contributed by atoms with Gasteiger partial charge in [-0.2, -0.15) is 0 Å². The van der Waals surface area contributed by atoms with E-state index >= 15 is 0 Å². The lowest BCUT2D eigenvalue weighted by Gasteiger charge is -2.32. The van der Waals surface area contributed by atoms with Crippen LogP contribution in [0.15, 0.2) is 24.5 Å². The number of aromatic nitrogens is 1. The van der Waals surface area contributed by atoms with Crippen LogP contribution in [-0.2, 0) is 20.7 Å². The molecule has 6 nitrogen and oxygen atoms in total. The van der Waals surface area contributed by atoms with Crippen molar-refractivity contribution in [1.29, 1.82) is 0 Å². The third-order valence-corrected chi connectivity index (χ3v) is 5.65. The van der Waals surface area contributed by atoms with Crippen LogP contribution in [0.5, 0.6) is 0 Å². The quantitative estimate of drug-likeness (QED) is 0.759. The number of carbonyl (C=O) groups is 2. The van der Waals surface area contributed by atoms with Crippen molar-refractivity contribution in [2.75, 3.05) is 26.2 Å². The first kappa shape index (κ1) is 19.8. The third kappa shape index (κ3) is 6.61. The molecule has 1 aromatic heterocycles. The van der Waals surface area contributed by atoms with E-state index in [-0.39, 0.29) is 17.9 Å². The number of hydrogen-bond donors (Lipinski definition) is 1. The topological polar surface area (TPSA) is 71.5 Å². The molecule has 3 rings (SSSR count). The lowest BCUT2D eigenvalue weighted by atomic mass is 9.92. The van der Waals surface area contributed by atoms with E-state index in [0.717, 1.165) is 63.8 Å². The van der Waals surface area contributed by atoms with Gasteiger partial charge in [0, 0.05) is 51.5 Å². The minimum atomic E-state index is 0.125. The fraction of sp³-hybridized carbons (Fsp3) is 0.667. The van der Waals surface area contributed by atoms with Gasteiger partial charge in [-0.25, -0.2) is 0 Å². The van der Waals surface area contributed by atoms with Gasteiger partial charge in [0.2, 0.25) is 11.8 Å². The molecule has 1 atom stereocenters. The highest BCUT2D eigenvalue weighted by atomic mass is 16.5. The van der Waals surface area contributed by atoms with E-state index in [9.17, 15) is 9.59 Å². The first-order valence-electron chi connectivity index (χ1n) is 10.3. The molecule has 6 heteroatoms. The van der Waals surface area contributed by atoms with Gasteiger partial charge in [-0.3, -0.25) is 14.6 Å². The molecule has 3 heterocycles. The summed E-state index contributed by atoms with van der Waals surface area (Å²) in [5.74, 6) is 0.896. The number of carbonyl (C=O) groups excluding carboxylic acids is 2. The Balaban J connectivity index is 1.28. The highest BCUT2D eigenvalue weighted by Gasteiger charge is 2.23. The number of nitrogens with one attached hydrogen (secondary N) is 1. The first-order chi connectivity index (χ1) is 13.2. The molecule has 0 unspecified atom stereocenters. The van der Waals surface area contributed by atoms with Gasteiger partial charge >= 0.3 is 0 Å².